The van der Waals surface area contributed by atoms with Crippen LogP contribution in [0.25, 0.3) is 0 Å². The average Bonchev–Trinajstić information content (AvgIpc) is 2.36. The van der Waals surface area contributed by atoms with Crippen LogP contribution in [-0.2, 0) is 9.59 Å². The van der Waals surface area contributed by atoms with E-state index in [0.29, 0.717) is 25.2 Å². The number of hydrogen-bond acceptors (Lipinski definition) is 4. The zero-order valence-electron chi connectivity index (χ0n) is 11.1. The summed E-state index contributed by atoms with van der Waals surface area (Å²) in [5.41, 5.74) is 0. The lowest BCUT2D eigenvalue weighted by Gasteiger charge is -2.30. The van der Waals surface area contributed by atoms with Crippen molar-refractivity contribution in [2.45, 2.75) is 38.3 Å². The molecule has 104 valence electrons. The van der Waals surface area contributed by atoms with Gasteiger partial charge in [0.05, 0.1) is 6.54 Å². The summed E-state index contributed by atoms with van der Waals surface area (Å²) in [6, 6.07) is 0. The molecule has 1 saturated carbocycles. The molecular weight excluding hydrogens is 232 g/mol. The summed E-state index contributed by atoms with van der Waals surface area (Å²) in [5.74, 6) is 0.701. The molecule has 1 rings (SSSR count). The highest BCUT2D eigenvalue weighted by atomic mass is 16.3. The molecule has 1 amide bonds. The number of hydrogen-bond donors (Lipinski definition) is 1. The smallest absolute Gasteiger partial charge is 0.212 e. The van der Waals surface area contributed by atoms with E-state index in [0.717, 1.165) is 11.4 Å². The Labute approximate surface area is 109 Å². The first-order chi connectivity index (χ1) is 8.67. The molecule has 1 aliphatic rings. The summed E-state index contributed by atoms with van der Waals surface area (Å²) in [6.07, 6.45) is 6.69. The molecule has 1 N–H and O–H groups in total. The van der Waals surface area contributed by atoms with Gasteiger partial charge in [-0.15, -0.1) is 0 Å². The second kappa shape index (κ2) is 8.21. The summed E-state index contributed by atoms with van der Waals surface area (Å²) >= 11 is 0. The highest BCUT2D eigenvalue weighted by Gasteiger charge is 2.19. The molecule has 0 bridgehead atoms. The Balaban J connectivity index is 2.30. The molecular formula is C13H24N2O3. The quantitative estimate of drug-likeness (QED) is 0.507. The minimum Gasteiger partial charge on any atom is -0.372 e. The van der Waals surface area contributed by atoms with Crippen LogP contribution in [0.15, 0.2) is 0 Å². The van der Waals surface area contributed by atoms with Crippen molar-refractivity contribution in [1.29, 1.82) is 0 Å². The normalized spacial score (nSPS) is 18.6. The Bertz CT molecular complexity index is 255. The van der Waals surface area contributed by atoms with Gasteiger partial charge in [0.25, 0.3) is 0 Å². The maximum absolute atomic E-state index is 10.7. The predicted octanol–water partition coefficient (Wildman–Crippen LogP) is 0.474. The first kappa shape index (κ1) is 15.1. The first-order valence-electron chi connectivity index (χ1n) is 6.68. The van der Waals surface area contributed by atoms with Gasteiger partial charge in [-0.1, -0.05) is 19.3 Å². The maximum atomic E-state index is 10.7. The SMILES string of the molecule is CN(CC1CCCCC1)CC(O)N(C=O)CC=O. The van der Waals surface area contributed by atoms with Crippen molar-refractivity contribution in [3.8, 4) is 0 Å². The van der Waals surface area contributed by atoms with Crippen LogP contribution in [-0.4, -0.2) is 60.5 Å². The lowest BCUT2D eigenvalue weighted by molar-refractivity contribution is -0.132. The number of rotatable bonds is 8. The molecule has 5 heteroatoms. The zero-order chi connectivity index (χ0) is 13.4. The van der Waals surface area contributed by atoms with E-state index in [-0.39, 0.29) is 6.54 Å². The molecule has 18 heavy (non-hydrogen) atoms. The summed E-state index contributed by atoms with van der Waals surface area (Å²) in [7, 11) is 1.95. The minimum absolute atomic E-state index is 0.0536. The summed E-state index contributed by atoms with van der Waals surface area (Å²) in [6.45, 7) is 1.29. The van der Waals surface area contributed by atoms with Crippen molar-refractivity contribution in [2.75, 3.05) is 26.7 Å². The van der Waals surface area contributed by atoms with Crippen molar-refractivity contribution in [1.82, 2.24) is 9.80 Å². The number of aldehydes is 1. The van der Waals surface area contributed by atoms with E-state index >= 15 is 0 Å². The third-order valence-electron chi connectivity index (χ3n) is 3.57. The van der Waals surface area contributed by atoms with Crippen LogP contribution in [0.4, 0.5) is 0 Å². The molecule has 0 radical (unpaired) electrons. The van der Waals surface area contributed by atoms with Crippen LogP contribution < -0.4 is 0 Å². The van der Waals surface area contributed by atoms with Crippen molar-refractivity contribution >= 4 is 12.7 Å². The van der Waals surface area contributed by atoms with Crippen molar-refractivity contribution < 1.29 is 14.7 Å². The Kier molecular flexibility index (Phi) is 6.90. The van der Waals surface area contributed by atoms with Gasteiger partial charge >= 0.3 is 0 Å². The number of aliphatic hydroxyl groups excluding tert-OH is 1. The molecule has 0 saturated heterocycles. The highest BCUT2D eigenvalue weighted by Crippen LogP contribution is 2.24. The number of carbonyl (C=O) groups is 2. The van der Waals surface area contributed by atoms with E-state index in [1.54, 1.807) is 0 Å². The lowest BCUT2D eigenvalue weighted by Crippen LogP contribution is -2.44. The monoisotopic (exact) mass is 256 g/mol. The lowest BCUT2D eigenvalue weighted by atomic mass is 9.89. The molecule has 1 atom stereocenters. The van der Waals surface area contributed by atoms with Gasteiger partial charge in [0, 0.05) is 13.1 Å². The van der Waals surface area contributed by atoms with Crippen molar-refractivity contribution in [3.63, 3.8) is 0 Å². The van der Waals surface area contributed by atoms with Gasteiger partial charge in [0.2, 0.25) is 6.41 Å². The molecule has 1 fully saturated rings. The highest BCUT2D eigenvalue weighted by molar-refractivity contribution is 5.59. The fourth-order valence-electron chi connectivity index (χ4n) is 2.59. The third-order valence-corrected chi connectivity index (χ3v) is 3.57. The van der Waals surface area contributed by atoms with Gasteiger partial charge in [-0.05, 0) is 25.8 Å². The first-order valence-corrected chi connectivity index (χ1v) is 6.68. The third kappa shape index (κ3) is 5.14. The average molecular weight is 256 g/mol. The topological polar surface area (TPSA) is 60.9 Å². The largest absolute Gasteiger partial charge is 0.372 e. The Morgan fingerprint density at radius 1 is 1.28 bits per heavy atom. The molecule has 0 aromatic carbocycles. The molecule has 1 aliphatic carbocycles. The van der Waals surface area contributed by atoms with Crippen LogP contribution in [0.5, 0.6) is 0 Å². The van der Waals surface area contributed by atoms with Gasteiger partial charge in [0.1, 0.15) is 12.5 Å². The second-order valence-corrected chi connectivity index (χ2v) is 5.17. The molecule has 0 spiro atoms. The predicted molar refractivity (Wildman–Crippen MR) is 68.9 cm³/mol. The molecule has 5 nitrogen and oxygen atoms in total. The van der Waals surface area contributed by atoms with Gasteiger partial charge in [-0.25, -0.2) is 0 Å². The van der Waals surface area contributed by atoms with Gasteiger partial charge in [-0.3, -0.25) is 4.79 Å². The maximum Gasteiger partial charge on any atom is 0.212 e. The summed E-state index contributed by atoms with van der Waals surface area (Å²) in [4.78, 5) is 24.2. The number of amides is 1. The van der Waals surface area contributed by atoms with E-state index in [1.165, 1.54) is 32.1 Å². The van der Waals surface area contributed by atoms with Crippen LogP contribution in [0.2, 0.25) is 0 Å². The summed E-state index contributed by atoms with van der Waals surface area (Å²) < 4.78 is 0. The van der Waals surface area contributed by atoms with Crippen LogP contribution in [0.3, 0.4) is 0 Å². The van der Waals surface area contributed by atoms with Crippen molar-refractivity contribution in [2.24, 2.45) is 5.92 Å². The van der Waals surface area contributed by atoms with Crippen molar-refractivity contribution in [3.05, 3.63) is 0 Å². The fourth-order valence-corrected chi connectivity index (χ4v) is 2.59. The van der Waals surface area contributed by atoms with Gasteiger partial charge in [0.15, 0.2) is 0 Å². The fraction of sp³-hybridized carbons (Fsp3) is 0.846. The minimum atomic E-state index is -0.902. The molecule has 0 heterocycles. The zero-order valence-corrected chi connectivity index (χ0v) is 11.1. The molecule has 0 aromatic heterocycles. The molecule has 0 aliphatic heterocycles. The molecule has 1 unspecified atom stereocenters. The van der Waals surface area contributed by atoms with Crippen LogP contribution in [0, 0.1) is 5.92 Å². The Morgan fingerprint density at radius 2 is 1.94 bits per heavy atom. The van der Waals surface area contributed by atoms with E-state index < -0.39 is 6.23 Å². The number of likely N-dealkylation sites (N-methyl/N-ethyl adjacent to an activating group) is 1. The van der Waals surface area contributed by atoms with Crippen LogP contribution in [0.1, 0.15) is 32.1 Å². The van der Waals surface area contributed by atoms with Gasteiger partial charge < -0.3 is 19.7 Å². The van der Waals surface area contributed by atoms with Crippen LogP contribution >= 0.6 is 0 Å². The molecule has 0 aromatic rings. The van der Waals surface area contributed by atoms with E-state index in [1.807, 2.05) is 11.9 Å². The number of aliphatic hydroxyl groups is 1. The number of nitrogens with zero attached hydrogens (tertiary/aromatic N) is 2. The standard InChI is InChI=1S/C13H24N2O3/c1-14(9-12-5-3-2-4-6-12)10-13(18)15(11-17)7-8-16/h8,11-13,18H,2-7,9-10H2,1H3. The second-order valence-electron chi connectivity index (χ2n) is 5.17. The van der Waals surface area contributed by atoms with E-state index in [4.69, 9.17) is 0 Å². The Hall–Kier alpha value is -0.940. The van der Waals surface area contributed by atoms with Gasteiger partial charge in [-0.2, -0.15) is 0 Å². The van der Waals surface area contributed by atoms with E-state index in [9.17, 15) is 14.7 Å². The summed E-state index contributed by atoms with van der Waals surface area (Å²) in [5, 5.41) is 9.83. The Morgan fingerprint density at radius 3 is 2.50 bits per heavy atom. The number of carbonyl (C=O) groups excluding carboxylic acids is 2. The van der Waals surface area contributed by atoms with E-state index in [2.05, 4.69) is 0 Å².